The lowest BCUT2D eigenvalue weighted by Gasteiger charge is -2.24. The van der Waals surface area contributed by atoms with Crippen molar-refractivity contribution in [1.29, 1.82) is 0 Å². The molecule has 8 heteroatoms. The lowest BCUT2D eigenvalue weighted by atomic mass is 9.95. The van der Waals surface area contributed by atoms with Crippen molar-refractivity contribution in [3.05, 3.63) is 53.7 Å². The summed E-state index contributed by atoms with van der Waals surface area (Å²) in [5.41, 5.74) is 1.83. The summed E-state index contributed by atoms with van der Waals surface area (Å²) in [4.78, 5) is 25.0. The summed E-state index contributed by atoms with van der Waals surface area (Å²) >= 11 is 0. The molecule has 1 atom stereocenters. The van der Waals surface area contributed by atoms with Crippen LogP contribution >= 0.6 is 0 Å². The molecule has 162 valence electrons. The van der Waals surface area contributed by atoms with E-state index < -0.39 is 5.97 Å². The van der Waals surface area contributed by atoms with Crippen LogP contribution in [0.3, 0.4) is 0 Å². The summed E-state index contributed by atoms with van der Waals surface area (Å²) in [5, 5.41) is 10.5. The van der Waals surface area contributed by atoms with Gasteiger partial charge in [0.05, 0.1) is 36.5 Å². The molecule has 4 rings (SSSR count). The van der Waals surface area contributed by atoms with Crippen molar-refractivity contribution in [3.63, 3.8) is 0 Å². The van der Waals surface area contributed by atoms with Crippen molar-refractivity contribution < 1.29 is 23.8 Å². The van der Waals surface area contributed by atoms with Gasteiger partial charge in [-0.2, -0.15) is 5.10 Å². The predicted octanol–water partition coefficient (Wildman–Crippen LogP) is 3.39. The average Bonchev–Trinajstić information content (AvgIpc) is 3.13. The lowest BCUT2D eigenvalue weighted by Crippen LogP contribution is -2.35. The van der Waals surface area contributed by atoms with E-state index in [2.05, 4.69) is 15.5 Å². The molecule has 1 aliphatic rings. The minimum absolute atomic E-state index is 0.114. The minimum Gasteiger partial charge on any atom is -0.490 e. The van der Waals surface area contributed by atoms with E-state index in [1.54, 1.807) is 18.3 Å². The molecule has 2 heterocycles. The second-order valence-corrected chi connectivity index (χ2v) is 7.76. The number of carbonyl (C=O) groups excluding carboxylic acids is 2. The molecule has 0 saturated carbocycles. The second kappa shape index (κ2) is 9.07. The Balaban J connectivity index is 1.42. The molecule has 0 fully saturated rings. The van der Waals surface area contributed by atoms with Crippen molar-refractivity contribution in [2.75, 3.05) is 19.8 Å². The molecule has 8 nitrogen and oxygen atoms in total. The van der Waals surface area contributed by atoms with E-state index in [-0.39, 0.29) is 24.5 Å². The third kappa shape index (κ3) is 4.63. The quantitative estimate of drug-likeness (QED) is 0.589. The Hall–Kier alpha value is -3.55. The van der Waals surface area contributed by atoms with Crippen LogP contribution < -0.4 is 14.8 Å². The van der Waals surface area contributed by atoms with E-state index in [1.807, 2.05) is 38.1 Å². The van der Waals surface area contributed by atoms with Crippen LogP contribution in [0.25, 0.3) is 10.9 Å². The molecule has 0 radical (unpaired) electrons. The van der Waals surface area contributed by atoms with Crippen molar-refractivity contribution in [3.8, 4) is 11.5 Å². The van der Waals surface area contributed by atoms with Gasteiger partial charge in [-0.3, -0.25) is 9.89 Å². The number of aromatic nitrogens is 2. The van der Waals surface area contributed by atoms with E-state index in [1.165, 1.54) is 0 Å². The lowest BCUT2D eigenvalue weighted by molar-refractivity contribution is -0.125. The van der Waals surface area contributed by atoms with Gasteiger partial charge in [-0.1, -0.05) is 32.0 Å². The summed E-state index contributed by atoms with van der Waals surface area (Å²) in [6.45, 7) is 4.86. The topological polar surface area (TPSA) is 103 Å². The van der Waals surface area contributed by atoms with Crippen LogP contribution in [-0.4, -0.2) is 41.9 Å². The molecule has 1 aromatic heterocycles. The zero-order valence-electron chi connectivity index (χ0n) is 17.5. The Morgan fingerprint density at radius 2 is 1.97 bits per heavy atom. The number of aromatic amines is 1. The zero-order chi connectivity index (χ0) is 21.8. The monoisotopic (exact) mass is 423 g/mol. The van der Waals surface area contributed by atoms with Crippen molar-refractivity contribution >= 4 is 22.8 Å². The summed E-state index contributed by atoms with van der Waals surface area (Å²) in [6.07, 6.45) is 2.45. The fourth-order valence-electron chi connectivity index (χ4n) is 3.57. The molecule has 0 aliphatic carbocycles. The van der Waals surface area contributed by atoms with Crippen LogP contribution in [0.5, 0.6) is 11.5 Å². The Morgan fingerprint density at radius 1 is 1.16 bits per heavy atom. The number of hydrogen-bond donors (Lipinski definition) is 2. The third-order valence-corrected chi connectivity index (χ3v) is 5.14. The number of carbonyl (C=O) groups is 2. The van der Waals surface area contributed by atoms with Gasteiger partial charge in [0.1, 0.15) is 0 Å². The highest BCUT2D eigenvalue weighted by Gasteiger charge is 2.22. The van der Waals surface area contributed by atoms with Gasteiger partial charge in [-0.05, 0) is 29.7 Å². The summed E-state index contributed by atoms with van der Waals surface area (Å²) in [7, 11) is 0. The minimum atomic E-state index is -0.582. The highest BCUT2D eigenvalue weighted by molar-refractivity contribution is 6.03. The van der Waals surface area contributed by atoms with Crippen molar-refractivity contribution in [2.24, 2.45) is 5.92 Å². The molecule has 0 saturated heterocycles. The number of para-hydroxylation sites is 1. The van der Waals surface area contributed by atoms with Crippen LogP contribution in [-0.2, 0) is 9.53 Å². The number of esters is 1. The molecule has 3 aromatic rings. The maximum Gasteiger partial charge on any atom is 0.340 e. The number of nitrogens with zero attached hydrogens (tertiary/aromatic N) is 1. The number of amides is 1. The van der Waals surface area contributed by atoms with E-state index in [9.17, 15) is 9.59 Å². The first-order chi connectivity index (χ1) is 15.0. The molecular formula is C23H25N3O5. The fraction of sp³-hybridized carbons (Fsp3) is 0.348. The maximum absolute atomic E-state index is 12.6. The fourth-order valence-corrected chi connectivity index (χ4v) is 3.57. The third-order valence-electron chi connectivity index (χ3n) is 5.14. The van der Waals surface area contributed by atoms with Crippen LogP contribution in [0.1, 0.15) is 42.2 Å². The van der Waals surface area contributed by atoms with E-state index in [4.69, 9.17) is 14.2 Å². The predicted molar refractivity (Wildman–Crippen MR) is 114 cm³/mol. The molecular weight excluding hydrogens is 398 g/mol. The SMILES string of the molecule is CC(C)C(NC(=O)COC(=O)c1cccc2cn[nH]c12)c1ccc2c(c1)OCCCO2. The van der Waals surface area contributed by atoms with Gasteiger partial charge in [-0.25, -0.2) is 4.79 Å². The standard InChI is InChI=1S/C23H25N3O5/c1-14(2)21(15-7-8-18-19(11-15)30-10-4-9-29-18)25-20(27)13-31-23(28)17-6-3-5-16-12-24-26-22(16)17/h3,5-8,11-12,14,21H,4,9-10,13H2,1-2H3,(H,24,26)(H,25,27). The van der Waals surface area contributed by atoms with E-state index in [0.29, 0.717) is 35.8 Å². The normalized spacial score (nSPS) is 14.2. The molecule has 31 heavy (non-hydrogen) atoms. The van der Waals surface area contributed by atoms with Crippen LogP contribution in [0, 0.1) is 5.92 Å². The largest absolute Gasteiger partial charge is 0.490 e. The number of nitrogens with one attached hydrogen (secondary N) is 2. The molecule has 0 bridgehead atoms. The van der Waals surface area contributed by atoms with E-state index in [0.717, 1.165) is 17.4 Å². The Labute approximate surface area is 179 Å². The summed E-state index contributed by atoms with van der Waals surface area (Å²) in [6, 6.07) is 10.6. The van der Waals surface area contributed by atoms with Gasteiger partial charge in [0.15, 0.2) is 18.1 Å². The molecule has 1 unspecified atom stereocenters. The van der Waals surface area contributed by atoms with E-state index >= 15 is 0 Å². The van der Waals surface area contributed by atoms with Gasteiger partial charge in [0, 0.05) is 11.8 Å². The number of hydrogen-bond acceptors (Lipinski definition) is 6. The number of fused-ring (bicyclic) bond motifs is 2. The van der Waals surface area contributed by atoms with Gasteiger partial charge >= 0.3 is 5.97 Å². The zero-order valence-corrected chi connectivity index (χ0v) is 17.5. The van der Waals surface area contributed by atoms with Gasteiger partial charge in [0.25, 0.3) is 5.91 Å². The molecule has 1 aliphatic heterocycles. The summed E-state index contributed by atoms with van der Waals surface area (Å²) < 4.78 is 16.7. The number of benzene rings is 2. The Kier molecular flexibility index (Phi) is 6.06. The maximum atomic E-state index is 12.6. The van der Waals surface area contributed by atoms with Gasteiger partial charge in [0.2, 0.25) is 0 Å². The van der Waals surface area contributed by atoms with Crippen LogP contribution in [0.2, 0.25) is 0 Å². The first-order valence-electron chi connectivity index (χ1n) is 10.3. The first kappa shape index (κ1) is 20.7. The van der Waals surface area contributed by atoms with Crippen LogP contribution in [0.4, 0.5) is 0 Å². The Morgan fingerprint density at radius 3 is 2.77 bits per heavy atom. The molecule has 2 aromatic carbocycles. The molecule has 1 amide bonds. The average molecular weight is 423 g/mol. The van der Waals surface area contributed by atoms with Gasteiger partial charge in [-0.15, -0.1) is 0 Å². The van der Waals surface area contributed by atoms with Crippen molar-refractivity contribution in [1.82, 2.24) is 15.5 Å². The number of rotatable bonds is 6. The van der Waals surface area contributed by atoms with Crippen molar-refractivity contribution in [2.45, 2.75) is 26.3 Å². The Bertz CT molecular complexity index is 1090. The van der Waals surface area contributed by atoms with Gasteiger partial charge < -0.3 is 19.5 Å². The number of H-pyrrole nitrogens is 1. The second-order valence-electron chi connectivity index (χ2n) is 7.76. The highest BCUT2D eigenvalue weighted by Crippen LogP contribution is 2.34. The molecule has 2 N–H and O–H groups in total. The number of ether oxygens (including phenoxy) is 3. The summed E-state index contributed by atoms with van der Waals surface area (Å²) in [5.74, 6) is 0.534. The smallest absolute Gasteiger partial charge is 0.340 e. The highest BCUT2D eigenvalue weighted by atomic mass is 16.5. The molecule has 0 spiro atoms. The van der Waals surface area contributed by atoms with Crippen LogP contribution in [0.15, 0.2) is 42.6 Å². The first-order valence-corrected chi connectivity index (χ1v) is 10.3.